The van der Waals surface area contributed by atoms with Crippen molar-refractivity contribution >= 4 is 11.9 Å². The van der Waals surface area contributed by atoms with Crippen molar-refractivity contribution in [2.24, 2.45) is 4.99 Å². The lowest BCUT2D eigenvalue weighted by Gasteiger charge is -2.02. The molecule has 1 aromatic rings. The summed E-state index contributed by atoms with van der Waals surface area (Å²) in [5.41, 5.74) is 0.377. The van der Waals surface area contributed by atoms with E-state index in [1.807, 2.05) is 0 Å². The second-order valence-electron chi connectivity index (χ2n) is 4.22. The van der Waals surface area contributed by atoms with Crippen molar-refractivity contribution in [3.63, 3.8) is 0 Å². The summed E-state index contributed by atoms with van der Waals surface area (Å²) in [5.74, 6) is 0.0253. The van der Waals surface area contributed by atoms with E-state index < -0.39 is 4.92 Å². The van der Waals surface area contributed by atoms with Gasteiger partial charge in [-0.15, -0.1) is 0 Å². The standard InChI is InChI=1S/C12H14N2O3/c15-12-6-5-11(14(16)17)7-9(12)8-13-10-3-1-2-4-10/h5-8,10,15H,1-4H2. The number of nitro benzene ring substituents is 1. The van der Waals surface area contributed by atoms with Gasteiger partial charge in [-0.2, -0.15) is 0 Å². The van der Waals surface area contributed by atoms with Gasteiger partial charge in [0.15, 0.2) is 0 Å². The van der Waals surface area contributed by atoms with Crippen LogP contribution in [0.5, 0.6) is 5.75 Å². The summed E-state index contributed by atoms with van der Waals surface area (Å²) in [4.78, 5) is 14.5. The molecule has 1 aromatic carbocycles. The van der Waals surface area contributed by atoms with Crippen LogP contribution in [-0.2, 0) is 0 Å². The van der Waals surface area contributed by atoms with E-state index in [-0.39, 0.29) is 11.4 Å². The summed E-state index contributed by atoms with van der Waals surface area (Å²) in [5, 5.41) is 20.2. The maximum atomic E-state index is 10.6. The maximum absolute atomic E-state index is 10.6. The Labute approximate surface area is 99.0 Å². The summed E-state index contributed by atoms with van der Waals surface area (Å²) in [6.07, 6.45) is 6.03. The van der Waals surface area contributed by atoms with Crippen molar-refractivity contribution < 1.29 is 10.0 Å². The molecule has 1 N–H and O–H groups in total. The summed E-state index contributed by atoms with van der Waals surface area (Å²) in [6, 6.07) is 4.25. The Hall–Kier alpha value is -1.91. The molecule has 0 spiro atoms. The second kappa shape index (κ2) is 4.95. The number of phenols is 1. The lowest BCUT2D eigenvalue weighted by Crippen LogP contribution is -1.97. The Morgan fingerprint density at radius 3 is 2.76 bits per heavy atom. The number of aromatic hydroxyl groups is 1. The first-order chi connectivity index (χ1) is 8.16. The quantitative estimate of drug-likeness (QED) is 0.496. The Balaban J connectivity index is 2.18. The largest absolute Gasteiger partial charge is 0.507 e. The topological polar surface area (TPSA) is 75.7 Å². The van der Waals surface area contributed by atoms with E-state index in [2.05, 4.69) is 4.99 Å². The highest BCUT2D eigenvalue weighted by molar-refractivity contribution is 5.84. The lowest BCUT2D eigenvalue weighted by molar-refractivity contribution is -0.384. The number of nitro groups is 1. The summed E-state index contributed by atoms with van der Waals surface area (Å²) < 4.78 is 0. The highest BCUT2D eigenvalue weighted by Crippen LogP contribution is 2.24. The van der Waals surface area contributed by atoms with Crippen molar-refractivity contribution in [2.45, 2.75) is 31.7 Å². The van der Waals surface area contributed by atoms with E-state index in [0.717, 1.165) is 12.8 Å². The molecule has 1 saturated carbocycles. The molecule has 1 fully saturated rings. The zero-order valence-corrected chi connectivity index (χ0v) is 9.37. The number of hydrogen-bond acceptors (Lipinski definition) is 4. The first kappa shape index (κ1) is 11.6. The zero-order valence-electron chi connectivity index (χ0n) is 9.37. The van der Waals surface area contributed by atoms with E-state index >= 15 is 0 Å². The minimum absolute atomic E-state index is 0.0253. The van der Waals surface area contributed by atoms with Gasteiger partial charge in [-0.3, -0.25) is 15.1 Å². The second-order valence-corrected chi connectivity index (χ2v) is 4.22. The SMILES string of the molecule is O=[N+]([O-])c1ccc(O)c(C=NC2CCCC2)c1. The molecule has 0 heterocycles. The Morgan fingerprint density at radius 2 is 2.12 bits per heavy atom. The average molecular weight is 234 g/mol. The number of rotatable bonds is 3. The predicted octanol–water partition coefficient (Wildman–Crippen LogP) is 2.66. The van der Waals surface area contributed by atoms with Crippen LogP contribution in [0.2, 0.25) is 0 Å². The molecular weight excluding hydrogens is 220 g/mol. The van der Waals surface area contributed by atoms with Crippen LogP contribution in [0.1, 0.15) is 31.2 Å². The Kier molecular flexibility index (Phi) is 3.37. The number of aliphatic imine (C=N–C) groups is 1. The van der Waals surface area contributed by atoms with Crippen molar-refractivity contribution in [3.8, 4) is 5.75 Å². The molecule has 1 aliphatic carbocycles. The molecule has 0 aromatic heterocycles. The molecule has 0 aliphatic heterocycles. The van der Waals surface area contributed by atoms with Gasteiger partial charge >= 0.3 is 0 Å². The van der Waals surface area contributed by atoms with Gasteiger partial charge in [0.25, 0.3) is 5.69 Å². The third-order valence-electron chi connectivity index (χ3n) is 2.97. The number of phenolic OH excluding ortho intramolecular Hbond substituents is 1. The van der Waals surface area contributed by atoms with Gasteiger partial charge < -0.3 is 5.11 Å². The number of non-ortho nitro benzene ring substituents is 1. The monoisotopic (exact) mass is 234 g/mol. The molecule has 5 heteroatoms. The summed E-state index contributed by atoms with van der Waals surface area (Å²) >= 11 is 0. The number of benzene rings is 1. The Bertz CT molecular complexity index is 451. The van der Waals surface area contributed by atoms with Crippen LogP contribution in [0.4, 0.5) is 5.69 Å². The zero-order chi connectivity index (χ0) is 12.3. The van der Waals surface area contributed by atoms with Gasteiger partial charge in [-0.25, -0.2) is 0 Å². The van der Waals surface area contributed by atoms with E-state index in [1.165, 1.54) is 31.0 Å². The van der Waals surface area contributed by atoms with Crippen LogP contribution in [0.25, 0.3) is 0 Å². The first-order valence-corrected chi connectivity index (χ1v) is 5.67. The van der Waals surface area contributed by atoms with Crippen molar-refractivity contribution in [3.05, 3.63) is 33.9 Å². The predicted molar refractivity (Wildman–Crippen MR) is 64.6 cm³/mol. The third-order valence-corrected chi connectivity index (χ3v) is 2.97. The molecule has 5 nitrogen and oxygen atoms in total. The van der Waals surface area contributed by atoms with Gasteiger partial charge in [0.2, 0.25) is 0 Å². The van der Waals surface area contributed by atoms with Gasteiger partial charge in [0, 0.05) is 30.0 Å². The van der Waals surface area contributed by atoms with Gasteiger partial charge in [-0.1, -0.05) is 12.8 Å². The minimum atomic E-state index is -0.480. The molecule has 0 atom stereocenters. The third kappa shape index (κ3) is 2.81. The van der Waals surface area contributed by atoms with Crippen LogP contribution < -0.4 is 0 Å². The molecular formula is C12H14N2O3. The fraction of sp³-hybridized carbons (Fsp3) is 0.417. The van der Waals surface area contributed by atoms with Crippen LogP contribution in [0.3, 0.4) is 0 Å². The van der Waals surface area contributed by atoms with E-state index in [1.54, 1.807) is 6.21 Å². The lowest BCUT2D eigenvalue weighted by atomic mass is 10.2. The first-order valence-electron chi connectivity index (χ1n) is 5.67. The van der Waals surface area contributed by atoms with Gasteiger partial charge in [0.05, 0.1) is 4.92 Å². The van der Waals surface area contributed by atoms with Gasteiger partial charge in [0.1, 0.15) is 5.75 Å². The molecule has 0 saturated heterocycles. The highest BCUT2D eigenvalue weighted by Gasteiger charge is 2.13. The summed E-state index contributed by atoms with van der Waals surface area (Å²) in [7, 11) is 0. The van der Waals surface area contributed by atoms with Crippen LogP contribution in [0.15, 0.2) is 23.2 Å². The van der Waals surface area contributed by atoms with E-state index in [0.29, 0.717) is 11.6 Å². The molecule has 2 rings (SSSR count). The van der Waals surface area contributed by atoms with Crippen LogP contribution in [-0.4, -0.2) is 22.3 Å². The van der Waals surface area contributed by atoms with Crippen molar-refractivity contribution in [2.75, 3.05) is 0 Å². The highest BCUT2D eigenvalue weighted by atomic mass is 16.6. The fourth-order valence-corrected chi connectivity index (χ4v) is 2.00. The van der Waals surface area contributed by atoms with Gasteiger partial charge in [-0.05, 0) is 18.9 Å². The molecule has 0 unspecified atom stereocenters. The Morgan fingerprint density at radius 1 is 1.41 bits per heavy atom. The van der Waals surface area contributed by atoms with E-state index in [9.17, 15) is 15.2 Å². The van der Waals surface area contributed by atoms with Crippen LogP contribution >= 0.6 is 0 Å². The van der Waals surface area contributed by atoms with E-state index in [4.69, 9.17) is 0 Å². The smallest absolute Gasteiger partial charge is 0.270 e. The summed E-state index contributed by atoms with van der Waals surface area (Å²) in [6.45, 7) is 0. The van der Waals surface area contributed by atoms with Crippen LogP contribution in [0, 0.1) is 10.1 Å². The van der Waals surface area contributed by atoms with Crippen molar-refractivity contribution in [1.82, 2.24) is 0 Å². The fourth-order valence-electron chi connectivity index (χ4n) is 2.00. The average Bonchev–Trinajstić information content (AvgIpc) is 2.80. The molecule has 0 bridgehead atoms. The molecule has 1 aliphatic rings. The van der Waals surface area contributed by atoms with Crippen molar-refractivity contribution in [1.29, 1.82) is 0 Å². The number of nitrogens with zero attached hydrogens (tertiary/aromatic N) is 2. The number of hydrogen-bond donors (Lipinski definition) is 1. The molecule has 17 heavy (non-hydrogen) atoms. The normalized spacial score (nSPS) is 16.7. The molecule has 0 amide bonds. The molecule has 90 valence electrons. The molecule has 0 radical (unpaired) electrons. The minimum Gasteiger partial charge on any atom is -0.507 e. The maximum Gasteiger partial charge on any atom is 0.270 e.